The topological polar surface area (TPSA) is 180 Å². The van der Waals surface area contributed by atoms with Crippen molar-refractivity contribution in [1.29, 1.82) is 0 Å². The van der Waals surface area contributed by atoms with Crippen molar-refractivity contribution in [2.75, 3.05) is 0 Å². The third-order valence-corrected chi connectivity index (χ3v) is 0. The average molecular weight is 202 g/mol. The summed E-state index contributed by atoms with van der Waals surface area (Å²) in [6, 6.07) is 0. The van der Waals surface area contributed by atoms with Gasteiger partial charge in [-0.2, -0.15) is 0 Å². The van der Waals surface area contributed by atoms with Crippen molar-refractivity contribution in [3.8, 4) is 0 Å². The van der Waals surface area contributed by atoms with E-state index in [1.807, 2.05) is 0 Å². The molecule has 48 valence electrons. The molecule has 0 saturated carbocycles. The van der Waals surface area contributed by atoms with E-state index in [9.17, 15) is 0 Å². The van der Waals surface area contributed by atoms with Gasteiger partial charge in [0, 0.05) is 0 Å². The quantitative estimate of drug-likeness (QED) is 0.360. The summed E-state index contributed by atoms with van der Waals surface area (Å²) in [5, 5.41) is 0. The Kier molecular flexibility index (Phi) is 21000. The molecule has 0 aliphatic heterocycles. The van der Waals surface area contributed by atoms with Crippen LogP contribution in [-0.4, -0.2) is 32.9 Å². The van der Waals surface area contributed by atoms with E-state index in [0.29, 0.717) is 0 Å². The van der Waals surface area contributed by atoms with E-state index in [1.165, 1.54) is 0 Å². The van der Waals surface area contributed by atoms with Crippen LogP contribution in [0.1, 0.15) is 0 Å². The molecule has 0 atom stereocenters. The average Bonchev–Trinajstić information content (AvgIpc) is 0. The monoisotopic (exact) mass is 202 g/mol. The fourth-order valence-corrected chi connectivity index (χ4v) is 0. The van der Waals surface area contributed by atoms with Crippen molar-refractivity contribution in [1.82, 2.24) is 0 Å². The summed E-state index contributed by atoms with van der Waals surface area (Å²) >= 11 is 0. The Labute approximate surface area is 74.2 Å². The zero-order valence-electron chi connectivity index (χ0n) is 4.13. The molecule has 0 unspecified atom stereocenters. The van der Waals surface area contributed by atoms with Gasteiger partial charge in [-0.25, -0.2) is 0 Å². The van der Waals surface area contributed by atoms with Gasteiger partial charge >= 0.3 is 41.2 Å². The van der Waals surface area contributed by atoms with E-state index in [1.54, 1.807) is 0 Å². The first kappa shape index (κ1) is 495. The van der Waals surface area contributed by atoms with Gasteiger partial charge in [0.2, 0.25) is 0 Å². The second-order valence-electron chi connectivity index (χ2n) is 0. The fourth-order valence-electron chi connectivity index (χ4n) is 0. The predicted molar refractivity (Wildman–Crippen MR) is 11.6 cm³/mol. The van der Waals surface area contributed by atoms with Crippen LogP contribution >= 0.6 is 0 Å². The van der Waals surface area contributed by atoms with Crippen LogP contribution in [0.15, 0.2) is 0 Å². The molecule has 8 heteroatoms. The summed E-state index contributed by atoms with van der Waals surface area (Å²) in [4.78, 5) is 0. The first-order valence-corrected chi connectivity index (χ1v) is 0. The van der Waals surface area contributed by atoms with E-state index < -0.39 is 0 Å². The molecule has 0 spiro atoms. The zero-order valence-corrected chi connectivity index (χ0v) is 6.33. The van der Waals surface area contributed by atoms with Crippen molar-refractivity contribution < 1.29 is 74.1 Å². The molecule has 0 fully saturated rings. The molecule has 6 nitrogen and oxygen atoms in total. The second kappa shape index (κ2) is 339. The maximum atomic E-state index is 0. The van der Waals surface area contributed by atoms with Gasteiger partial charge in [0.25, 0.3) is 0 Å². The molecule has 0 rings (SSSR count). The maximum absolute atomic E-state index is 0. The van der Waals surface area contributed by atoms with Gasteiger partial charge in [-0.1, -0.05) is 0 Å². The molecule has 0 aromatic rings. The van der Waals surface area contributed by atoms with Gasteiger partial charge in [-0.3, -0.25) is 0 Å². The summed E-state index contributed by atoms with van der Waals surface area (Å²) in [6.07, 6.45) is 0. The second-order valence-corrected chi connectivity index (χ2v) is 0. The third kappa shape index (κ3) is 219. The minimum Gasteiger partial charge on any atom is -0.870 e. The van der Waals surface area contributed by atoms with Gasteiger partial charge in [0.1, 0.15) is 0 Å². The minimum absolute atomic E-state index is 0. The standard InChI is InChI=1S/Li.Nb.6H2O/h;;6*1H2/q+1;+5;;;;;;/p-6. The molecule has 0 amide bonds. The molecular formula is H6LiNbO6. The predicted octanol–water partition coefficient (Wildman–Crippen LogP) is -4.06. The molecule has 0 bridgehead atoms. The van der Waals surface area contributed by atoms with Crippen LogP contribution in [0.3, 0.4) is 0 Å². The van der Waals surface area contributed by atoms with Crippen molar-refractivity contribution in [2.45, 2.75) is 0 Å². The molecule has 0 radical (unpaired) electrons. The van der Waals surface area contributed by atoms with Gasteiger partial charge < -0.3 is 32.9 Å². The van der Waals surface area contributed by atoms with E-state index in [0.717, 1.165) is 0 Å². The first-order valence-electron chi connectivity index (χ1n) is 0. The Bertz CT molecular complexity index is 8.49. The Hall–Kier alpha value is 1.10. The van der Waals surface area contributed by atoms with Crippen LogP contribution in [0.25, 0.3) is 0 Å². The molecule has 0 aromatic carbocycles. The van der Waals surface area contributed by atoms with E-state index in [2.05, 4.69) is 0 Å². The van der Waals surface area contributed by atoms with Gasteiger partial charge in [-0.15, -0.1) is 0 Å². The zero-order chi connectivity index (χ0) is 0. The Morgan fingerprint density at radius 3 is 0.375 bits per heavy atom. The molecule has 0 aliphatic rings. The molecule has 0 heterocycles. The van der Waals surface area contributed by atoms with Crippen LogP contribution < -0.4 is 18.9 Å². The molecule has 8 heavy (non-hydrogen) atoms. The molecule has 0 aromatic heterocycles. The van der Waals surface area contributed by atoms with Crippen LogP contribution in [0.2, 0.25) is 0 Å². The van der Waals surface area contributed by atoms with E-state index in [-0.39, 0.29) is 74.1 Å². The summed E-state index contributed by atoms with van der Waals surface area (Å²) in [6.45, 7) is 0. The first-order chi connectivity index (χ1) is 0. The summed E-state index contributed by atoms with van der Waals surface area (Å²) < 4.78 is 0. The Morgan fingerprint density at radius 1 is 0.375 bits per heavy atom. The minimum atomic E-state index is 0. The number of hydrogen-bond acceptors (Lipinski definition) is 6. The Balaban J connectivity index is 0. The SMILES string of the molecule is [Li+].[Nb+5].[OH-].[OH-].[OH-].[OH-].[OH-].[OH-]. The van der Waals surface area contributed by atoms with Crippen molar-refractivity contribution in [3.63, 3.8) is 0 Å². The van der Waals surface area contributed by atoms with Crippen molar-refractivity contribution in [2.24, 2.45) is 0 Å². The molecule has 0 aliphatic carbocycles. The molecule has 6 N–H and O–H groups in total. The third-order valence-electron chi connectivity index (χ3n) is 0. The van der Waals surface area contributed by atoms with Crippen LogP contribution in [0.4, 0.5) is 0 Å². The smallest absolute Gasteiger partial charge is 0.870 e. The number of hydrogen-bond donors (Lipinski definition) is 0. The van der Waals surface area contributed by atoms with E-state index in [4.69, 9.17) is 0 Å². The number of rotatable bonds is 0. The summed E-state index contributed by atoms with van der Waals surface area (Å²) in [7, 11) is 0. The van der Waals surface area contributed by atoms with Gasteiger partial charge in [0.05, 0.1) is 0 Å². The van der Waals surface area contributed by atoms with Crippen LogP contribution in [0.5, 0.6) is 0 Å². The largest absolute Gasteiger partial charge is 5.00 e. The Morgan fingerprint density at radius 2 is 0.375 bits per heavy atom. The van der Waals surface area contributed by atoms with Crippen LogP contribution in [-0.2, 0) is 22.4 Å². The van der Waals surface area contributed by atoms with E-state index >= 15 is 0 Å². The maximum Gasteiger partial charge on any atom is 5.00 e. The molecule has 0 saturated heterocycles. The van der Waals surface area contributed by atoms with Crippen molar-refractivity contribution in [3.05, 3.63) is 0 Å². The molecular weight excluding hydrogens is 196 g/mol. The normalized spacial score (nSPS) is 0. The summed E-state index contributed by atoms with van der Waals surface area (Å²) in [5.74, 6) is 0. The fraction of sp³-hybridized carbons (Fsp3) is 0. The van der Waals surface area contributed by atoms with Gasteiger partial charge in [0.15, 0.2) is 0 Å². The summed E-state index contributed by atoms with van der Waals surface area (Å²) in [5.41, 5.74) is 0. The van der Waals surface area contributed by atoms with Crippen LogP contribution in [0, 0.1) is 0 Å². The van der Waals surface area contributed by atoms with Crippen molar-refractivity contribution >= 4 is 0 Å². The van der Waals surface area contributed by atoms with Gasteiger partial charge in [-0.05, 0) is 0 Å².